The number of carboxylic acid groups (broad SMARTS) is 1. The van der Waals surface area contributed by atoms with Crippen molar-refractivity contribution in [1.29, 1.82) is 0 Å². The standard InChI is InChI=1S/C16H15NO5/c18-13-6-7-14(19)11(10-13)8-9-17-16(22,15(20)21)12-4-2-1-3-5-12/h1-7,9-10,18-19,22H,8H2,(H,20,21). The third-order valence-electron chi connectivity index (χ3n) is 3.13. The van der Waals surface area contributed by atoms with Gasteiger partial charge in [-0.1, -0.05) is 30.3 Å². The third kappa shape index (κ3) is 3.24. The fourth-order valence-electron chi connectivity index (χ4n) is 1.94. The minimum Gasteiger partial charge on any atom is -0.508 e. The van der Waals surface area contributed by atoms with Gasteiger partial charge in [-0.3, -0.25) is 0 Å². The number of carboxylic acids is 1. The lowest BCUT2D eigenvalue weighted by Gasteiger charge is -2.18. The molecule has 0 amide bonds. The van der Waals surface area contributed by atoms with E-state index in [1.807, 2.05) is 0 Å². The van der Waals surface area contributed by atoms with Gasteiger partial charge in [-0.15, -0.1) is 0 Å². The van der Waals surface area contributed by atoms with Crippen LogP contribution in [-0.4, -0.2) is 32.6 Å². The zero-order chi connectivity index (χ0) is 16.2. The second kappa shape index (κ2) is 6.28. The van der Waals surface area contributed by atoms with E-state index < -0.39 is 11.7 Å². The van der Waals surface area contributed by atoms with E-state index in [1.54, 1.807) is 18.2 Å². The van der Waals surface area contributed by atoms with Crippen LogP contribution in [0.3, 0.4) is 0 Å². The molecule has 4 N–H and O–H groups in total. The Labute approximate surface area is 126 Å². The zero-order valence-electron chi connectivity index (χ0n) is 11.5. The van der Waals surface area contributed by atoms with E-state index in [2.05, 4.69) is 4.99 Å². The number of aliphatic hydroxyl groups is 1. The van der Waals surface area contributed by atoms with Crippen LogP contribution < -0.4 is 0 Å². The summed E-state index contributed by atoms with van der Waals surface area (Å²) in [6, 6.07) is 11.8. The van der Waals surface area contributed by atoms with Gasteiger partial charge in [0.15, 0.2) is 0 Å². The third-order valence-corrected chi connectivity index (χ3v) is 3.13. The van der Waals surface area contributed by atoms with Crippen LogP contribution in [0, 0.1) is 0 Å². The summed E-state index contributed by atoms with van der Waals surface area (Å²) in [6.45, 7) is 0. The lowest BCUT2D eigenvalue weighted by molar-refractivity contribution is -0.158. The van der Waals surface area contributed by atoms with Crippen LogP contribution >= 0.6 is 0 Å². The molecule has 0 fully saturated rings. The van der Waals surface area contributed by atoms with Crippen LogP contribution in [0.15, 0.2) is 53.5 Å². The highest BCUT2D eigenvalue weighted by molar-refractivity contribution is 5.81. The molecule has 0 saturated carbocycles. The lowest BCUT2D eigenvalue weighted by atomic mass is 10.0. The van der Waals surface area contributed by atoms with Gasteiger partial charge in [-0.2, -0.15) is 0 Å². The van der Waals surface area contributed by atoms with Gasteiger partial charge < -0.3 is 20.4 Å². The van der Waals surface area contributed by atoms with Crippen molar-refractivity contribution in [3.8, 4) is 11.5 Å². The first-order valence-electron chi connectivity index (χ1n) is 6.49. The van der Waals surface area contributed by atoms with Crippen LogP contribution in [0.4, 0.5) is 0 Å². The molecule has 2 aromatic rings. The van der Waals surface area contributed by atoms with Gasteiger partial charge in [0, 0.05) is 23.8 Å². The van der Waals surface area contributed by atoms with E-state index in [0.717, 1.165) is 0 Å². The van der Waals surface area contributed by atoms with E-state index in [4.69, 9.17) is 0 Å². The fourth-order valence-corrected chi connectivity index (χ4v) is 1.94. The maximum atomic E-state index is 11.3. The molecule has 22 heavy (non-hydrogen) atoms. The Morgan fingerprint density at radius 3 is 2.45 bits per heavy atom. The Kier molecular flexibility index (Phi) is 4.43. The SMILES string of the molecule is O=C(O)C(O)(N=CCc1cc(O)ccc1O)c1ccccc1. The topological polar surface area (TPSA) is 110 Å². The predicted octanol–water partition coefficient (Wildman–Crippen LogP) is 1.64. The van der Waals surface area contributed by atoms with Gasteiger partial charge >= 0.3 is 5.97 Å². The van der Waals surface area contributed by atoms with E-state index >= 15 is 0 Å². The molecule has 6 heteroatoms. The summed E-state index contributed by atoms with van der Waals surface area (Å²) in [5.41, 5.74) is -1.91. The number of benzene rings is 2. The van der Waals surface area contributed by atoms with Crippen LogP contribution in [0.1, 0.15) is 11.1 Å². The molecule has 1 atom stereocenters. The van der Waals surface area contributed by atoms with Gasteiger partial charge in [0.1, 0.15) is 11.5 Å². The zero-order valence-corrected chi connectivity index (χ0v) is 11.5. The van der Waals surface area contributed by atoms with Gasteiger partial charge in [-0.25, -0.2) is 9.79 Å². The first-order chi connectivity index (χ1) is 10.4. The number of aliphatic carboxylic acids is 1. The molecule has 2 aromatic carbocycles. The quantitative estimate of drug-likeness (QED) is 0.495. The Morgan fingerprint density at radius 2 is 1.82 bits per heavy atom. The van der Waals surface area contributed by atoms with Crippen LogP contribution in [-0.2, 0) is 16.9 Å². The molecule has 0 spiro atoms. The normalized spacial score (nSPS) is 13.9. The average molecular weight is 301 g/mol. The number of rotatable bonds is 5. The van der Waals surface area contributed by atoms with Gasteiger partial charge in [-0.05, 0) is 18.2 Å². The smallest absolute Gasteiger partial charge is 0.364 e. The average Bonchev–Trinajstić information content (AvgIpc) is 2.51. The Hall–Kier alpha value is -2.86. The lowest BCUT2D eigenvalue weighted by Crippen LogP contribution is -2.33. The highest BCUT2D eigenvalue weighted by Gasteiger charge is 2.37. The number of carbonyl (C=O) groups is 1. The van der Waals surface area contributed by atoms with E-state index in [1.165, 1.54) is 36.5 Å². The number of phenols is 2. The van der Waals surface area contributed by atoms with Crippen molar-refractivity contribution in [3.63, 3.8) is 0 Å². The number of hydrogen-bond donors (Lipinski definition) is 4. The van der Waals surface area contributed by atoms with E-state index in [-0.39, 0.29) is 23.5 Å². The molecule has 0 aliphatic heterocycles. The maximum Gasteiger partial charge on any atom is 0.364 e. The van der Waals surface area contributed by atoms with Crippen molar-refractivity contribution in [2.24, 2.45) is 4.99 Å². The van der Waals surface area contributed by atoms with Crippen molar-refractivity contribution in [1.82, 2.24) is 0 Å². The summed E-state index contributed by atoms with van der Waals surface area (Å²) in [5.74, 6) is -1.59. The fraction of sp³-hybridized carbons (Fsp3) is 0.125. The van der Waals surface area contributed by atoms with Crippen molar-refractivity contribution in [2.45, 2.75) is 12.1 Å². The van der Waals surface area contributed by atoms with E-state index in [9.17, 15) is 25.2 Å². The molecule has 0 radical (unpaired) electrons. The molecule has 1 unspecified atom stereocenters. The highest BCUT2D eigenvalue weighted by atomic mass is 16.4. The molecule has 0 saturated heterocycles. The number of nitrogens with zero attached hydrogens (tertiary/aromatic N) is 1. The number of aliphatic imine (C=N–C) groups is 1. The molecule has 0 bridgehead atoms. The molecule has 0 aliphatic rings. The minimum atomic E-state index is -2.40. The van der Waals surface area contributed by atoms with E-state index in [0.29, 0.717) is 5.56 Å². The summed E-state index contributed by atoms with van der Waals surface area (Å²) in [5, 5.41) is 38.5. The number of hydrogen-bond acceptors (Lipinski definition) is 5. The Bertz CT molecular complexity index is 699. The second-order valence-electron chi connectivity index (χ2n) is 4.67. The summed E-state index contributed by atoms with van der Waals surface area (Å²) < 4.78 is 0. The maximum absolute atomic E-state index is 11.3. The first kappa shape index (κ1) is 15.5. The van der Waals surface area contributed by atoms with Crippen LogP contribution in [0.2, 0.25) is 0 Å². The molecule has 6 nitrogen and oxygen atoms in total. The second-order valence-corrected chi connectivity index (χ2v) is 4.67. The molecule has 0 heterocycles. The summed E-state index contributed by atoms with van der Waals surface area (Å²) in [7, 11) is 0. The first-order valence-corrected chi connectivity index (χ1v) is 6.49. The minimum absolute atomic E-state index is 0.0299. The molecule has 0 aromatic heterocycles. The van der Waals surface area contributed by atoms with Crippen LogP contribution in [0.5, 0.6) is 11.5 Å². The monoisotopic (exact) mass is 301 g/mol. The van der Waals surface area contributed by atoms with Crippen LogP contribution in [0.25, 0.3) is 0 Å². The summed E-state index contributed by atoms with van der Waals surface area (Å²) >= 11 is 0. The van der Waals surface area contributed by atoms with Crippen molar-refractivity contribution in [3.05, 3.63) is 59.7 Å². The largest absolute Gasteiger partial charge is 0.508 e. The Morgan fingerprint density at radius 1 is 1.14 bits per heavy atom. The summed E-state index contributed by atoms with van der Waals surface area (Å²) in [4.78, 5) is 15.1. The number of aromatic hydroxyl groups is 2. The van der Waals surface area contributed by atoms with Crippen molar-refractivity contribution in [2.75, 3.05) is 0 Å². The van der Waals surface area contributed by atoms with Gasteiger partial charge in [0.2, 0.25) is 0 Å². The molecule has 2 rings (SSSR count). The van der Waals surface area contributed by atoms with Crippen molar-refractivity contribution < 1.29 is 25.2 Å². The van der Waals surface area contributed by atoms with Gasteiger partial charge in [0.25, 0.3) is 5.72 Å². The number of phenolic OH excluding ortho intramolecular Hbond substituents is 2. The predicted molar refractivity (Wildman–Crippen MR) is 79.9 cm³/mol. The molecule has 114 valence electrons. The van der Waals surface area contributed by atoms with Gasteiger partial charge in [0.05, 0.1) is 0 Å². The Balaban J connectivity index is 2.25. The molecular formula is C16H15NO5. The molecule has 0 aliphatic carbocycles. The summed E-state index contributed by atoms with van der Waals surface area (Å²) in [6.07, 6.45) is 1.25. The highest BCUT2D eigenvalue weighted by Crippen LogP contribution is 2.24. The van der Waals surface area contributed by atoms with Crippen molar-refractivity contribution >= 4 is 12.2 Å². The molecular weight excluding hydrogens is 286 g/mol.